The molecule has 2 unspecified atom stereocenters. The van der Waals surface area contributed by atoms with Crippen LogP contribution < -0.4 is 10.6 Å². The molecule has 0 aliphatic rings. The van der Waals surface area contributed by atoms with E-state index < -0.39 is 25.8 Å². The third kappa shape index (κ3) is 7.69. The Morgan fingerprint density at radius 3 is 1.13 bits per heavy atom. The van der Waals surface area contributed by atoms with Crippen molar-refractivity contribution in [1.29, 1.82) is 0 Å². The Labute approximate surface area is 265 Å². The molecule has 0 saturated heterocycles. The summed E-state index contributed by atoms with van der Waals surface area (Å²) in [6.45, 7) is 10.9. The first-order chi connectivity index (χ1) is 21.4. The van der Waals surface area contributed by atoms with Gasteiger partial charge in [0.2, 0.25) is 0 Å². The van der Waals surface area contributed by atoms with E-state index in [0.29, 0.717) is 21.7 Å². The van der Waals surface area contributed by atoms with E-state index in [1.54, 1.807) is 60.7 Å². The normalized spacial score (nSPS) is 14.0. The predicted molar refractivity (Wildman–Crippen MR) is 180 cm³/mol. The van der Waals surface area contributed by atoms with E-state index in [9.17, 15) is 18.7 Å². The van der Waals surface area contributed by atoms with Crippen molar-refractivity contribution in [3.05, 3.63) is 129 Å². The largest absolute Gasteiger partial charge is 0.377 e. The van der Waals surface area contributed by atoms with Crippen LogP contribution in [0.4, 0.5) is 0 Å². The average molecular weight is 647 g/mol. The van der Waals surface area contributed by atoms with Crippen LogP contribution in [-0.2, 0) is 22.9 Å². The van der Waals surface area contributed by atoms with Crippen molar-refractivity contribution >= 4 is 36.4 Å². The summed E-state index contributed by atoms with van der Waals surface area (Å²) in [6.07, 6.45) is 0. The van der Waals surface area contributed by atoms with Crippen molar-refractivity contribution in [3.63, 3.8) is 0 Å². The number of aryl methyl sites for hydroxylation is 6. The van der Waals surface area contributed by atoms with Gasteiger partial charge in [-0.25, -0.2) is 0 Å². The summed E-state index contributed by atoms with van der Waals surface area (Å²) in [7, 11) is -7.95. The number of carbonyl (C=O) groups is 2. The Morgan fingerprint density at radius 1 is 0.511 bits per heavy atom. The molecule has 4 aromatic rings. The quantitative estimate of drug-likeness (QED) is 0.102. The highest BCUT2D eigenvalue weighted by atomic mass is 31.2. The number of hydrogen-bond acceptors (Lipinski definition) is 7. The number of rotatable bonds is 14. The van der Waals surface area contributed by atoms with Crippen molar-refractivity contribution in [1.82, 2.24) is 0 Å². The Hall–Kier alpha value is -3.44. The first-order valence-electron chi connectivity index (χ1n) is 14.8. The second-order valence-corrected chi connectivity index (χ2v) is 15.8. The molecule has 0 fully saturated rings. The molecule has 7 nitrogen and oxygen atoms in total. The summed E-state index contributed by atoms with van der Waals surface area (Å²) >= 11 is 0. The minimum absolute atomic E-state index is 0.000904. The van der Waals surface area contributed by atoms with Crippen LogP contribution in [0.5, 0.6) is 0 Å². The lowest BCUT2D eigenvalue weighted by Gasteiger charge is -2.21. The van der Waals surface area contributed by atoms with E-state index in [0.717, 1.165) is 33.4 Å². The van der Waals surface area contributed by atoms with Crippen molar-refractivity contribution in [2.45, 2.75) is 41.5 Å². The van der Waals surface area contributed by atoms with Gasteiger partial charge in [-0.1, -0.05) is 71.8 Å². The van der Waals surface area contributed by atoms with Crippen LogP contribution in [-0.4, -0.2) is 37.5 Å². The molecule has 0 heterocycles. The monoisotopic (exact) mass is 646 g/mol. The topological polar surface area (TPSA) is 96.0 Å². The van der Waals surface area contributed by atoms with Crippen LogP contribution in [0.1, 0.15) is 54.1 Å². The van der Waals surface area contributed by atoms with Gasteiger partial charge in [0.1, 0.15) is 0 Å². The fourth-order valence-corrected chi connectivity index (χ4v) is 9.72. The molecule has 0 bridgehead atoms. The fourth-order valence-electron chi connectivity index (χ4n) is 5.63. The Kier molecular flexibility index (Phi) is 11.3. The van der Waals surface area contributed by atoms with E-state index in [-0.39, 0.29) is 26.4 Å². The maximum Gasteiger partial charge on any atom is 0.300 e. The highest BCUT2D eigenvalue weighted by Crippen LogP contribution is 2.51. The molecule has 2 atom stereocenters. The molecule has 0 saturated carbocycles. The van der Waals surface area contributed by atoms with Gasteiger partial charge in [0.05, 0.1) is 26.4 Å². The van der Waals surface area contributed by atoms with E-state index >= 15 is 0 Å². The lowest BCUT2D eigenvalue weighted by Crippen LogP contribution is -2.20. The number of hydrogen-bond donors (Lipinski definition) is 0. The number of ether oxygens (including phenoxy) is 1. The molecule has 45 heavy (non-hydrogen) atoms. The fraction of sp³-hybridized carbons (Fsp3) is 0.278. The minimum Gasteiger partial charge on any atom is -0.377 e. The molecular weight excluding hydrogens is 606 g/mol. The zero-order chi connectivity index (χ0) is 32.8. The van der Waals surface area contributed by atoms with Gasteiger partial charge in [0.15, 0.2) is 0 Å². The highest BCUT2D eigenvalue weighted by molar-refractivity contribution is 7.84. The average Bonchev–Trinajstić information content (AvgIpc) is 3.00. The van der Waals surface area contributed by atoms with E-state index in [4.69, 9.17) is 13.8 Å². The van der Waals surface area contributed by atoms with Gasteiger partial charge in [0, 0.05) is 21.7 Å². The number of benzene rings is 4. The van der Waals surface area contributed by atoms with Crippen LogP contribution >= 0.6 is 14.7 Å². The van der Waals surface area contributed by atoms with Crippen LogP contribution in [0.3, 0.4) is 0 Å². The molecule has 0 aromatic heterocycles. The molecule has 0 spiro atoms. The van der Waals surface area contributed by atoms with Gasteiger partial charge < -0.3 is 13.8 Å². The molecular formula is C36H40O7P2. The van der Waals surface area contributed by atoms with E-state index in [1.165, 1.54) is 0 Å². The maximum absolute atomic E-state index is 14.2. The standard InChI is InChI=1S/C36H40O7P2/c1-25-21-27(3)33(28(4)22-25)35(37)44(39,31-13-9-7-10-14-31)42-19-17-41-18-20-43-45(40,32-15-11-8-12-16-32)36(38)34-29(5)23-26(2)24-30(34)6/h7-16,21-24H,17-20H2,1-6H3. The van der Waals surface area contributed by atoms with Gasteiger partial charge in [0.25, 0.3) is 11.0 Å². The van der Waals surface area contributed by atoms with Gasteiger partial charge in [-0.3, -0.25) is 18.7 Å². The van der Waals surface area contributed by atoms with Crippen molar-refractivity contribution in [3.8, 4) is 0 Å². The smallest absolute Gasteiger partial charge is 0.300 e. The lowest BCUT2D eigenvalue weighted by atomic mass is 10.0. The van der Waals surface area contributed by atoms with Crippen molar-refractivity contribution in [2.24, 2.45) is 0 Å². The van der Waals surface area contributed by atoms with Gasteiger partial charge in [-0.15, -0.1) is 0 Å². The summed E-state index contributed by atoms with van der Waals surface area (Å²) in [6, 6.07) is 24.5. The molecule has 0 radical (unpaired) electrons. The molecule has 0 aliphatic heterocycles. The summed E-state index contributed by atoms with van der Waals surface area (Å²) < 4.78 is 45.9. The SMILES string of the molecule is Cc1cc(C)c(C(=O)P(=O)(OCCOCCOP(=O)(C(=O)c2c(C)cc(C)cc2C)c2ccccc2)c2ccccc2)c(C)c1. The summed E-state index contributed by atoms with van der Waals surface area (Å²) in [5.41, 5.74) is 4.62. The van der Waals surface area contributed by atoms with Crippen molar-refractivity contribution < 1.29 is 32.5 Å². The zero-order valence-electron chi connectivity index (χ0n) is 26.7. The van der Waals surface area contributed by atoms with E-state index in [2.05, 4.69) is 0 Å². The van der Waals surface area contributed by atoms with Crippen molar-refractivity contribution in [2.75, 3.05) is 26.4 Å². The third-order valence-corrected chi connectivity index (χ3v) is 12.1. The van der Waals surface area contributed by atoms with E-state index in [1.807, 2.05) is 65.8 Å². The molecule has 0 amide bonds. The molecule has 9 heteroatoms. The minimum atomic E-state index is -3.98. The second-order valence-electron chi connectivity index (χ2n) is 11.2. The molecule has 0 aliphatic carbocycles. The maximum atomic E-state index is 14.2. The summed E-state index contributed by atoms with van der Waals surface area (Å²) in [5.74, 6) is 0. The summed E-state index contributed by atoms with van der Waals surface area (Å²) in [4.78, 5) is 27.5. The molecule has 236 valence electrons. The van der Waals surface area contributed by atoms with Gasteiger partial charge >= 0.3 is 14.7 Å². The Morgan fingerprint density at radius 2 is 0.822 bits per heavy atom. The lowest BCUT2D eigenvalue weighted by molar-refractivity contribution is 0.0760. The van der Waals surface area contributed by atoms with Crippen LogP contribution in [0.25, 0.3) is 0 Å². The molecule has 4 aromatic carbocycles. The second kappa shape index (κ2) is 14.8. The Balaban J connectivity index is 1.44. The van der Waals surface area contributed by atoms with Gasteiger partial charge in [-0.05, 0) is 88.1 Å². The molecule has 0 N–H and O–H groups in total. The zero-order valence-corrected chi connectivity index (χ0v) is 28.5. The first-order valence-corrected chi connectivity index (χ1v) is 18.1. The van der Waals surface area contributed by atoms with Crippen LogP contribution in [0, 0.1) is 41.5 Å². The predicted octanol–water partition coefficient (Wildman–Crippen LogP) is 7.77. The van der Waals surface area contributed by atoms with Crippen LogP contribution in [0.2, 0.25) is 0 Å². The third-order valence-electron chi connectivity index (χ3n) is 7.51. The highest BCUT2D eigenvalue weighted by Gasteiger charge is 2.39. The first kappa shape index (κ1) is 34.4. The Bertz CT molecular complexity index is 1610. The summed E-state index contributed by atoms with van der Waals surface area (Å²) in [5, 5.41) is 0.614. The van der Waals surface area contributed by atoms with Gasteiger partial charge in [-0.2, -0.15) is 0 Å². The number of carbonyl (C=O) groups excluding carboxylic acids is 2. The van der Waals surface area contributed by atoms with Crippen LogP contribution in [0.15, 0.2) is 84.9 Å². The molecule has 4 rings (SSSR count).